The maximum absolute atomic E-state index is 2.73. The van der Waals surface area contributed by atoms with Crippen LogP contribution < -0.4 is 0 Å². The molecule has 0 heterocycles. The summed E-state index contributed by atoms with van der Waals surface area (Å²) in [6, 6.07) is 12.0. The van der Waals surface area contributed by atoms with Crippen molar-refractivity contribution in [1.29, 1.82) is 0 Å². The lowest BCUT2D eigenvalue weighted by molar-refractivity contribution is -0.137. The molecule has 0 spiro atoms. The number of hydrogen-bond donors (Lipinski definition) is 0. The van der Waals surface area contributed by atoms with Gasteiger partial charge in [0.15, 0.2) is 0 Å². The van der Waals surface area contributed by atoms with Crippen LogP contribution in [0.15, 0.2) is 30.3 Å². The van der Waals surface area contributed by atoms with Gasteiger partial charge in [-0.1, -0.05) is 109 Å². The smallest absolute Gasteiger partial charge is 0.0114 e. The van der Waals surface area contributed by atoms with Gasteiger partial charge in [-0.25, -0.2) is 0 Å². The Hall–Kier alpha value is -0.780. The summed E-state index contributed by atoms with van der Waals surface area (Å²) in [7, 11) is 0. The first-order valence-electron chi connectivity index (χ1n) is 12.5. The molecule has 0 radical (unpaired) electrons. The molecule has 0 N–H and O–H groups in total. The van der Waals surface area contributed by atoms with Crippen LogP contribution in [0.3, 0.4) is 0 Å². The number of rotatable bonds is 4. The monoisotopic (exact) mass is 380 g/mol. The molecule has 0 heteroatoms. The Morgan fingerprint density at radius 3 is 1.14 bits per heavy atom. The van der Waals surface area contributed by atoms with Gasteiger partial charge in [0.1, 0.15) is 0 Å². The second-order valence-corrected chi connectivity index (χ2v) is 11.5. The summed E-state index contributed by atoms with van der Waals surface area (Å²) in [5, 5.41) is 0. The van der Waals surface area contributed by atoms with Crippen molar-refractivity contribution in [3.63, 3.8) is 0 Å². The molecule has 3 aliphatic carbocycles. The Kier molecular flexibility index (Phi) is 5.71. The van der Waals surface area contributed by atoms with Crippen molar-refractivity contribution in [3.05, 3.63) is 35.9 Å². The highest BCUT2D eigenvalue weighted by Gasteiger charge is 2.66. The van der Waals surface area contributed by atoms with Gasteiger partial charge in [-0.2, -0.15) is 0 Å². The van der Waals surface area contributed by atoms with Crippen LogP contribution in [0.2, 0.25) is 0 Å². The first-order valence-corrected chi connectivity index (χ1v) is 12.5. The molecule has 0 aliphatic heterocycles. The Bertz CT molecular complexity index is 561. The quantitative estimate of drug-likeness (QED) is 0.489. The summed E-state index contributed by atoms with van der Waals surface area (Å²) in [6.45, 7) is 8.20. The second kappa shape index (κ2) is 7.81. The molecule has 0 saturated heterocycles. The molecule has 0 amide bonds. The third kappa shape index (κ3) is 3.00. The molecule has 156 valence electrons. The van der Waals surface area contributed by atoms with E-state index in [0.717, 1.165) is 0 Å². The molecular weight excluding hydrogens is 336 g/mol. The SMILES string of the molecule is CC1(C(c2ccccc2)(C2(C)CCCCC2)C2(C)CCCCC2)CCCCC1. The van der Waals surface area contributed by atoms with Gasteiger partial charge in [0, 0.05) is 5.41 Å². The van der Waals surface area contributed by atoms with Crippen LogP contribution >= 0.6 is 0 Å². The summed E-state index contributed by atoms with van der Waals surface area (Å²) < 4.78 is 0. The molecule has 3 saturated carbocycles. The molecular formula is C28H44. The maximum atomic E-state index is 2.73. The lowest BCUT2D eigenvalue weighted by Crippen LogP contribution is -2.65. The van der Waals surface area contributed by atoms with E-state index in [9.17, 15) is 0 Å². The molecule has 1 aromatic carbocycles. The molecule has 0 aromatic heterocycles. The van der Waals surface area contributed by atoms with E-state index in [1.807, 2.05) is 0 Å². The fourth-order valence-corrected chi connectivity index (χ4v) is 9.04. The number of hydrogen-bond acceptors (Lipinski definition) is 0. The van der Waals surface area contributed by atoms with E-state index >= 15 is 0 Å². The highest BCUT2D eigenvalue weighted by molar-refractivity contribution is 5.37. The largest absolute Gasteiger partial charge is 0.0622 e. The van der Waals surface area contributed by atoms with Crippen LogP contribution in [0.4, 0.5) is 0 Å². The standard InChI is InChI=1S/C28H44/c1-25(18-10-5-11-19-25)28(24-16-8-4-9-17-24,26(2)20-12-6-13-21-26)27(3)22-14-7-15-23-27/h4,8-9,16-17H,5-7,10-15,18-23H2,1-3H3. The lowest BCUT2D eigenvalue weighted by Gasteiger charge is -2.69. The molecule has 3 fully saturated rings. The van der Waals surface area contributed by atoms with Crippen LogP contribution in [0, 0.1) is 16.2 Å². The Morgan fingerprint density at radius 1 is 0.500 bits per heavy atom. The average molecular weight is 381 g/mol. The minimum Gasteiger partial charge on any atom is -0.0622 e. The predicted molar refractivity (Wildman–Crippen MR) is 122 cm³/mol. The zero-order chi connectivity index (χ0) is 19.7. The summed E-state index contributed by atoms with van der Waals surface area (Å²) in [5.74, 6) is 0. The highest BCUT2D eigenvalue weighted by Crippen LogP contribution is 2.72. The van der Waals surface area contributed by atoms with E-state index < -0.39 is 0 Å². The van der Waals surface area contributed by atoms with Crippen molar-refractivity contribution < 1.29 is 0 Å². The van der Waals surface area contributed by atoms with Crippen LogP contribution in [-0.2, 0) is 5.41 Å². The highest BCUT2D eigenvalue weighted by atomic mass is 14.7. The molecule has 4 rings (SSSR count). The van der Waals surface area contributed by atoms with Crippen molar-refractivity contribution in [2.75, 3.05) is 0 Å². The van der Waals surface area contributed by atoms with Crippen LogP contribution in [0.1, 0.15) is 123 Å². The summed E-state index contributed by atoms with van der Waals surface area (Å²) >= 11 is 0. The number of benzene rings is 1. The minimum absolute atomic E-state index is 0.315. The molecule has 0 atom stereocenters. The van der Waals surface area contributed by atoms with Gasteiger partial charge >= 0.3 is 0 Å². The van der Waals surface area contributed by atoms with Gasteiger partial charge in [0.2, 0.25) is 0 Å². The van der Waals surface area contributed by atoms with Crippen molar-refractivity contribution in [2.24, 2.45) is 16.2 Å². The molecule has 28 heavy (non-hydrogen) atoms. The fourth-order valence-electron chi connectivity index (χ4n) is 9.04. The van der Waals surface area contributed by atoms with Crippen molar-refractivity contribution in [3.8, 4) is 0 Å². The van der Waals surface area contributed by atoms with Gasteiger partial charge in [-0.3, -0.25) is 0 Å². The van der Waals surface area contributed by atoms with Crippen LogP contribution in [0.25, 0.3) is 0 Å². The zero-order valence-electron chi connectivity index (χ0n) is 19.0. The van der Waals surface area contributed by atoms with E-state index in [1.165, 1.54) is 96.3 Å². The van der Waals surface area contributed by atoms with E-state index in [-0.39, 0.29) is 0 Å². The molecule has 3 aliphatic rings. The van der Waals surface area contributed by atoms with Crippen LogP contribution in [-0.4, -0.2) is 0 Å². The van der Waals surface area contributed by atoms with Crippen molar-refractivity contribution >= 4 is 0 Å². The molecule has 0 nitrogen and oxygen atoms in total. The molecule has 1 aromatic rings. The Balaban J connectivity index is 1.99. The summed E-state index contributed by atoms with van der Waals surface area (Å²) in [5.41, 5.74) is 3.32. The van der Waals surface area contributed by atoms with Gasteiger partial charge in [-0.05, 0) is 60.3 Å². The van der Waals surface area contributed by atoms with Gasteiger partial charge in [0.25, 0.3) is 0 Å². The van der Waals surface area contributed by atoms with E-state index in [4.69, 9.17) is 0 Å². The van der Waals surface area contributed by atoms with E-state index in [1.54, 1.807) is 5.56 Å². The lowest BCUT2D eigenvalue weighted by atomic mass is 9.34. The summed E-state index contributed by atoms with van der Waals surface area (Å²) in [4.78, 5) is 0. The normalized spacial score (nSPS) is 27.2. The van der Waals surface area contributed by atoms with E-state index in [0.29, 0.717) is 21.7 Å². The van der Waals surface area contributed by atoms with Crippen molar-refractivity contribution in [2.45, 2.75) is 122 Å². The molecule has 0 bridgehead atoms. The topological polar surface area (TPSA) is 0 Å². The van der Waals surface area contributed by atoms with Crippen LogP contribution in [0.5, 0.6) is 0 Å². The van der Waals surface area contributed by atoms with Crippen molar-refractivity contribution in [1.82, 2.24) is 0 Å². The minimum atomic E-state index is 0.315. The Morgan fingerprint density at radius 2 is 0.821 bits per heavy atom. The zero-order valence-corrected chi connectivity index (χ0v) is 19.0. The molecule has 0 unspecified atom stereocenters. The first-order chi connectivity index (χ1) is 13.5. The first kappa shape index (κ1) is 20.5. The average Bonchev–Trinajstić information content (AvgIpc) is 2.70. The summed E-state index contributed by atoms with van der Waals surface area (Å²) in [6.07, 6.45) is 21.6. The van der Waals surface area contributed by atoms with E-state index in [2.05, 4.69) is 51.1 Å². The maximum Gasteiger partial charge on any atom is 0.0114 e. The fraction of sp³-hybridized carbons (Fsp3) is 0.786. The second-order valence-electron chi connectivity index (χ2n) is 11.5. The van der Waals surface area contributed by atoms with Gasteiger partial charge in [0.05, 0.1) is 0 Å². The Labute approximate surface area is 174 Å². The third-order valence-electron chi connectivity index (χ3n) is 9.79. The van der Waals surface area contributed by atoms with Gasteiger partial charge < -0.3 is 0 Å². The van der Waals surface area contributed by atoms with Gasteiger partial charge in [-0.15, -0.1) is 0 Å². The third-order valence-corrected chi connectivity index (χ3v) is 9.79. The predicted octanol–water partition coefficient (Wildman–Crippen LogP) is 8.84.